The third-order valence-corrected chi connectivity index (χ3v) is 5.03. The van der Waals surface area contributed by atoms with Crippen LogP contribution < -0.4 is 10.6 Å². The first-order chi connectivity index (χ1) is 7.83. The minimum absolute atomic E-state index is 0.0259. The Morgan fingerprint density at radius 3 is 2.59 bits per heavy atom. The number of carbonyl (C=O) groups is 2. The molecule has 8 heteroatoms. The lowest BCUT2D eigenvalue weighted by molar-refractivity contribution is -0.119. The van der Waals surface area contributed by atoms with Crippen LogP contribution in [0.1, 0.15) is 19.8 Å². The van der Waals surface area contributed by atoms with Gasteiger partial charge in [-0.2, -0.15) is 0 Å². The zero-order chi connectivity index (χ0) is 13.1. The first kappa shape index (κ1) is 14.2. The molecule has 98 valence electrons. The van der Waals surface area contributed by atoms with Gasteiger partial charge in [0, 0.05) is 6.54 Å². The van der Waals surface area contributed by atoms with Gasteiger partial charge in [-0.15, -0.1) is 11.6 Å². The number of halogens is 1. The number of alkyl halides is 1. The second kappa shape index (κ2) is 5.68. The van der Waals surface area contributed by atoms with Crippen molar-refractivity contribution in [2.45, 2.75) is 30.4 Å². The van der Waals surface area contributed by atoms with Gasteiger partial charge in [0.05, 0.1) is 11.0 Å². The van der Waals surface area contributed by atoms with Crippen molar-refractivity contribution in [3.05, 3.63) is 0 Å². The van der Waals surface area contributed by atoms with E-state index >= 15 is 0 Å². The predicted molar refractivity (Wildman–Crippen MR) is 63.7 cm³/mol. The van der Waals surface area contributed by atoms with E-state index in [0.29, 0.717) is 12.8 Å². The number of hydrogen-bond acceptors (Lipinski definition) is 4. The number of rotatable bonds is 3. The first-order valence-corrected chi connectivity index (χ1v) is 7.42. The zero-order valence-electron chi connectivity index (χ0n) is 9.40. The van der Waals surface area contributed by atoms with Crippen LogP contribution in [0.2, 0.25) is 0 Å². The van der Waals surface area contributed by atoms with Crippen LogP contribution in [0.3, 0.4) is 0 Å². The normalized spacial score (nSPS) is 24.0. The molecule has 1 heterocycles. The van der Waals surface area contributed by atoms with Gasteiger partial charge in [0.15, 0.2) is 9.84 Å². The van der Waals surface area contributed by atoms with Gasteiger partial charge in [-0.25, -0.2) is 13.2 Å². The molecule has 0 aromatic carbocycles. The molecule has 1 fully saturated rings. The number of nitrogens with one attached hydrogen (secondary N) is 2. The van der Waals surface area contributed by atoms with E-state index in [1.165, 1.54) is 6.92 Å². The van der Waals surface area contributed by atoms with Crippen molar-refractivity contribution in [3.8, 4) is 0 Å². The fourth-order valence-electron chi connectivity index (χ4n) is 1.55. The third-order valence-electron chi connectivity index (χ3n) is 2.55. The highest BCUT2D eigenvalue weighted by atomic mass is 35.5. The summed E-state index contributed by atoms with van der Waals surface area (Å²) in [6, 6.07) is -0.718. The monoisotopic (exact) mass is 282 g/mol. The van der Waals surface area contributed by atoms with Crippen molar-refractivity contribution in [3.63, 3.8) is 0 Å². The molecule has 2 atom stereocenters. The van der Waals surface area contributed by atoms with Crippen molar-refractivity contribution >= 4 is 33.4 Å². The number of imide groups is 1. The summed E-state index contributed by atoms with van der Waals surface area (Å²) in [6.07, 6.45) is 1.16. The number of urea groups is 1. The van der Waals surface area contributed by atoms with Gasteiger partial charge in [-0.1, -0.05) is 0 Å². The van der Waals surface area contributed by atoms with Crippen molar-refractivity contribution in [2.75, 3.05) is 12.3 Å². The molecule has 0 aliphatic carbocycles. The Balaban J connectivity index is 2.36. The molecular formula is C9H15ClN2O4S. The molecule has 1 rings (SSSR count). The number of hydrogen-bond donors (Lipinski definition) is 2. The second-order valence-electron chi connectivity index (χ2n) is 3.95. The average Bonchev–Trinajstić information content (AvgIpc) is 2.54. The molecule has 1 aliphatic rings. The van der Waals surface area contributed by atoms with E-state index in [9.17, 15) is 18.0 Å². The Kier molecular flexibility index (Phi) is 4.76. The van der Waals surface area contributed by atoms with E-state index in [0.717, 1.165) is 0 Å². The Bertz CT molecular complexity index is 407. The number of amides is 3. The van der Waals surface area contributed by atoms with Gasteiger partial charge < -0.3 is 5.32 Å². The molecule has 0 radical (unpaired) electrons. The molecule has 2 N–H and O–H groups in total. The van der Waals surface area contributed by atoms with Crippen LogP contribution in [-0.4, -0.2) is 43.3 Å². The molecule has 3 amide bonds. The molecule has 1 aliphatic heterocycles. The van der Waals surface area contributed by atoms with Crippen molar-refractivity contribution in [1.82, 2.24) is 10.6 Å². The van der Waals surface area contributed by atoms with Crippen LogP contribution in [0.5, 0.6) is 0 Å². The molecule has 0 saturated carbocycles. The fourth-order valence-corrected chi connectivity index (χ4v) is 3.37. The Hall–Kier alpha value is -0.820. The molecule has 17 heavy (non-hydrogen) atoms. The standard InChI is InChI=1S/C9H15ClN2O4S/c1-6(10)8(13)12-9(14)11-5-7-3-2-4-17(7,15)16/h6-7H,2-5H2,1H3,(H2,11,12,13,14). The molecule has 0 bridgehead atoms. The lowest BCUT2D eigenvalue weighted by Gasteiger charge is -2.11. The summed E-state index contributed by atoms with van der Waals surface area (Å²) in [5, 5.41) is 3.02. The van der Waals surface area contributed by atoms with Crippen LogP contribution in [0.4, 0.5) is 4.79 Å². The highest BCUT2D eigenvalue weighted by Gasteiger charge is 2.31. The molecular weight excluding hydrogens is 268 g/mol. The summed E-state index contributed by atoms with van der Waals surface area (Å²) in [6.45, 7) is 1.46. The topological polar surface area (TPSA) is 92.3 Å². The molecule has 6 nitrogen and oxygen atoms in total. The minimum Gasteiger partial charge on any atom is -0.336 e. The van der Waals surface area contributed by atoms with E-state index in [2.05, 4.69) is 5.32 Å². The van der Waals surface area contributed by atoms with Gasteiger partial charge in [0.2, 0.25) is 5.91 Å². The van der Waals surface area contributed by atoms with E-state index < -0.39 is 32.4 Å². The summed E-state index contributed by atoms with van der Waals surface area (Å²) in [5.74, 6) is -0.447. The maximum Gasteiger partial charge on any atom is 0.321 e. The molecule has 2 unspecified atom stereocenters. The maximum atomic E-state index is 11.4. The first-order valence-electron chi connectivity index (χ1n) is 5.27. The molecule has 0 aromatic rings. The number of carbonyl (C=O) groups excluding carboxylic acids is 2. The van der Waals surface area contributed by atoms with Crippen molar-refractivity contribution < 1.29 is 18.0 Å². The van der Waals surface area contributed by atoms with Gasteiger partial charge in [-0.05, 0) is 19.8 Å². The van der Waals surface area contributed by atoms with Gasteiger partial charge in [0.25, 0.3) is 0 Å². The van der Waals surface area contributed by atoms with Crippen molar-refractivity contribution in [1.29, 1.82) is 0 Å². The summed E-state index contributed by atoms with van der Waals surface area (Å²) in [4.78, 5) is 22.3. The van der Waals surface area contributed by atoms with Gasteiger partial charge in [0.1, 0.15) is 5.38 Å². The second-order valence-corrected chi connectivity index (χ2v) is 7.00. The maximum absolute atomic E-state index is 11.4. The summed E-state index contributed by atoms with van der Waals surface area (Å²) < 4.78 is 22.9. The highest BCUT2D eigenvalue weighted by molar-refractivity contribution is 7.92. The predicted octanol–water partition coefficient (Wildman–Crippen LogP) is 0.0167. The fraction of sp³-hybridized carbons (Fsp3) is 0.778. The SMILES string of the molecule is CC(Cl)C(=O)NC(=O)NCC1CCCS1(=O)=O. The Labute approximate surface area is 105 Å². The Morgan fingerprint density at radius 2 is 2.12 bits per heavy atom. The number of sulfone groups is 1. The smallest absolute Gasteiger partial charge is 0.321 e. The van der Waals surface area contributed by atoms with Gasteiger partial charge >= 0.3 is 6.03 Å². The van der Waals surface area contributed by atoms with Gasteiger partial charge in [-0.3, -0.25) is 10.1 Å². The van der Waals surface area contributed by atoms with Crippen molar-refractivity contribution in [2.24, 2.45) is 0 Å². The van der Waals surface area contributed by atoms with Crippen LogP contribution in [0.25, 0.3) is 0 Å². The van der Waals surface area contributed by atoms with Crippen LogP contribution >= 0.6 is 11.6 Å². The molecule has 0 spiro atoms. The molecule has 1 saturated heterocycles. The lowest BCUT2D eigenvalue weighted by atomic mass is 10.2. The van der Waals surface area contributed by atoms with E-state index in [1.54, 1.807) is 0 Å². The van der Waals surface area contributed by atoms with E-state index in [4.69, 9.17) is 11.6 Å². The minimum atomic E-state index is -3.08. The largest absolute Gasteiger partial charge is 0.336 e. The molecule has 0 aromatic heterocycles. The highest BCUT2D eigenvalue weighted by Crippen LogP contribution is 2.18. The lowest BCUT2D eigenvalue weighted by Crippen LogP contribution is -2.45. The summed E-state index contributed by atoms with van der Waals surface area (Å²) >= 11 is 5.46. The van der Waals surface area contributed by atoms with Crippen LogP contribution in [-0.2, 0) is 14.6 Å². The van der Waals surface area contributed by atoms with Crippen LogP contribution in [0.15, 0.2) is 0 Å². The van der Waals surface area contributed by atoms with E-state index in [-0.39, 0.29) is 12.3 Å². The summed E-state index contributed by atoms with van der Waals surface area (Å²) in [7, 11) is -3.08. The quantitative estimate of drug-likeness (QED) is 0.714. The third kappa shape index (κ3) is 4.16. The zero-order valence-corrected chi connectivity index (χ0v) is 11.0. The van der Waals surface area contributed by atoms with E-state index in [1.807, 2.05) is 5.32 Å². The average molecular weight is 283 g/mol. The Morgan fingerprint density at radius 1 is 1.47 bits per heavy atom. The summed E-state index contributed by atoms with van der Waals surface area (Å²) in [5.41, 5.74) is 0. The van der Waals surface area contributed by atoms with Crippen LogP contribution in [0, 0.1) is 0 Å².